The summed E-state index contributed by atoms with van der Waals surface area (Å²) in [4.78, 5) is 2.16. The zero-order chi connectivity index (χ0) is 14.3. The predicted molar refractivity (Wildman–Crippen MR) is 82.1 cm³/mol. The molecule has 110 valence electrons. The predicted octanol–water partition coefficient (Wildman–Crippen LogP) is 1.47. The van der Waals surface area contributed by atoms with Crippen molar-refractivity contribution in [3.8, 4) is 5.75 Å². The highest BCUT2D eigenvalue weighted by atomic mass is 32.2. The van der Waals surface area contributed by atoms with Gasteiger partial charge >= 0.3 is 0 Å². The quantitative estimate of drug-likeness (QED) is 0.744. The maximum Gasteiger partial charge on any atom is 0.161 e. The molecule has 1 aromatic rings. The van der Waals surface area contributed by atoms with Crippen LogP contribution in [0.1, 0.15) is 18.7 Å². The molecule has 1 unspecified atom stereocenters. The van der Waals surface area contributed by atoms with E-state index in [0.717, 1.165) is 36.0 Å². The van der Waals surface area contributed by atoms with Gasteiger partial charge in [0.25, 0.3) is 0 Å². The molecule has 0 saturated heterocycles. The van der Waals surface area contributed by atoms with E-state index in [1.54, 1.807) is 7.11 Å². The Labute approximate surface area is 120 Å². The molecule has 0 aliphatic carbocycles. The molecule has 0 aliphatic rings. The molecule has 5 nitrogen and oxygen atoms in total. The van der Waals surface area contributed by atoms with Gasteiger partial charge in [0.15, 0.2) is 5.75 Å². The van der Waals surface area contributed by atoms with Gasteiger partial charge in [-0.3, -0.25) is 4.68 Å². The Morgan fingerprint density at radius 3 is 2.79 bits per heavy atom. The lowest BCUT2D eigenvalue weighted by Crippen LogP contribution is -2.26. The third kappa shape index (κ3) is 4.71. The lowest BCUT2D eigenvalue weighted by Gasteiger charge is -2.19. The minimum absolute atomic E-state index is 0.268. The molecular weight excluding hydrogens is 260 g/mol. The monoisotopic (exact) mass is 286 g/mol. The first-order valence-electron chi connectivity index (χ1n) is 6.63. The number of thioether (sulfide) groups is 1. The van der Waals surface area contributed by atoms with Gasteiger partial charge in [-0.25, -0.2) is 0 Å². The number of ether oxygens (including phenoxy) is 1. The fraction of sp³-hybridized carbons (Fsp3) is 0.769. The van der Waals surface area contributed by atoms with Crippen molar-refractivity contribution < 1.29 is 4.74 Å². The lowest BCUT2D eigenvalue weighted by atomic mass is 10.2. The molecule has 0 saturated carbocycles. The summed E-state index contributed by atoms with van der Waals surface area (Å²) in [7, 11) is 7.84. The van der Waals surface area contributed by atoms with E-state index in [0.29, 0.717) is 0 Å². The Hall–Kier alpha value is -0.720. The highest BCUT2D eigenvalue weighted by Crippen LogP contribution is 2.27. The van der Waals surface area contributed by atoms with Crippen LogP contribution in [-0.2, 0) is 6.54 Å². The molecule has 1 heterocycles. The third-order valence-electron chi connectivity index (χ3n) is 2.99. The Kier molecular flexibility index (Phi) is 7.27. The smallest absolute Gasteiger partial charge is 0.161 e. The van der Waals surface area contributed by atoms with Crippen molar-refractivity contribution in [2.45, 2.75) is 19.5 Å². The van der Waals surface area contributed by atoms with E-state index < -0.39 is 0 Å². The molecule has 0 bridgehead atoms. The summed E-state index contributed by atoms with van der Waals surface area (Å²) in [5, 5.41) is 7.82. The summed E-state index contributed by atoms with van der Waals surface area (Å²) in [6, 6.07) is 0.268. The number of rotatable bonds is 9. The van der Waals surface area contributed by atoms with Crippen molar-refractivity contribution in [2.75, 3.05) is 46.3 Å². The lowest BCUT2D eigenvalue weighted by molar-refractivity contribution is 0.359. The summed E-state index contributed by atoms with van der Waals surface area (Å²) in [5.41, 5.74) is 1.15. The van der Waals surface area contributed by atoms with Crippen molar-refractivity contribution in [3.05, 3.63) is 11.9 Å². The van der Waals surface area contributed by atoms with Gasteiger partial charge in [-0.1, -0.05) is 6.92 Å². The topological polar surface area (TPSA) is 42.3 Å². The van der Waals surface area contributed by atoms with Crippen molar-refractivity contribution >= 4 is 11.8 Å². The van der Waals surface area contributed by atoms with Crippen LogP contribution >= 0.6 is 11.8 Å². The first kappa shape index (κ1) is 16.3. The van der Waals surface area contributed by atoms with Gasteiger partial charge in [0.2, 0.25) is 0 Å². The van der Waals surface area contributed by atoms with E-state index in [1.165, 1.54) is 0 Å². The van der Waals surface area contributed by atoms with Crippen molar-refractivity contribution in [3.63, 3.8) is 0 Å². The number of methoxy groups -OCH3 is 1. The first-order chi connectivity index (χ1) is 9.13. The van der Waals surface area contributed by atoms with Gasteiger partial charge in [0.05, 0.1) is 31.6 Å². The molecule has 0 radical (unpaired) electrons. The van der Waals surface area contributed by atoms with E-state index in [-0.39, 0.29) is 6.04 Å². The normalized spacial score (nSPS) is 12.9. The standard InChI is InChI=1S/C13H26N4OS/c1-6-19-10-11(14-2)13-12(18-5)9-15-17(13)8-7-16(3)4/h9,11,14H,6-8,10H2,1-5H3. The largest absolute Gasteiger partial charge is 0.493 e. The highest BCUT2D eigenvalue weighted by molar-refractivity contribution is 7.99. The summed E-state index contributed by atoms with van der Waals surface area (Å²) in [6.45, 7) is 4.02. The average molecular weight is 286 g/mol. The zero-order valence-corrected chi connectivity index (χ0v) is 13.5. The molecule has 0 amide bonds. The summed E-state index contributed by atoms with van der Waals surface area (Å²) in [5.74, 6) is 3.01. The van der Waals surface area contributed by atoms with Crippen LogP contribution in [0.3, 0.4) is 0 Å². The number of nitrogens with one attached hydrogen (secondary N) is 1. The Morgan fingerprint density at radius 2 is 2.26 bits per heavy atom. The fourth-order valence-corrected chi connectivity index (χ4v) is 2.69. The first-order valence-corrected chi connectivity index (χ1v) is 7.78. The number of likely N-dealkylation sites (N-methyl/N-ethyl adjacent to an activating group) is 1. The fourth-order valence-electron chi connectivity index (χ4n) is 1.89. The summed E-state index contributed by atoms with van der Waals surface area (Å²) < 4.78 is 7.50. The Morgan fingerprint density at radius 1 is 1.53 bits per heavy atom. The second kappa shape index (κ2) is 8.45. The molecule has 0 aromatic carbocycles. The number of nitrogens with zero attached hydrogens (tertiary/aromatic N) is 3. The molecule has 1 aromatic heterocycles. The van der Waals surface area contributed by atoms with Crippen LogP contribution in [0.25, 0.3) is 0 Å². The van der Waals surface area contributed by atoms with E-state index in [9.17, 15) is 0 Å². The van der Waals surface area contributed by atoms with Gasteiger partial charge < -0.3 is 15.0 Å². The van der Waals surface area contributed by atoms with Crippen molar-refractivity contribution in [2.24, 2.45) is 0 Å². The molecule has 1 atom stereocenters. The van der Waals surface area contributed by atoms with E-state index in [1.807, 2.05) is 25.0 Å². The minimum Gasteiger partial charge on any atom is -0.493 e. The van der Waals surface area contributed by atoms with Crippen LogP contribution in [0.5, 0.6) is 5.75 Å². The number of hydrogen-bond donors (Lipinski definition) is 1. The summed E-state index contributed by atoms with van der Waals surface area (Å²) in [6.07, 6.45) is 1.81. The van der Waals surface area contributed by atoms with Crippen LogP contribution in [0.2, 0.25) is 0 Å². The molecular formula is C13H26N4OS. The van der Waals surface area contributed by atoms with Crippen LogP contribution in [-0.4, -0.2) is 61.0 Å². The maximum absolute atomic E-state index is 5.45. The van der Waals surface area contributed by atoms with Gasteiger partial charge in [0, 0.05) is 12.3 Å². The minimum atomic E-state index is 0.268. The molecule has 6 heteroatoms. The highest BCUT2D eigenvalue weighted by Gasteiger charge is 2.20. The summed E-state index contributed by atoms with van der Waals surface area (Å²) >= 11 is 1.92. The van der Waals surface area contributed by atoms with Gasteiger partial charge in [-0.2, -0.15) is 16.9 Å². The van der Waals surface area contributed by atoms with E-state index in [4.69, 9.17) is 4.74 Å². The zero-order valence-electron chi connectivity index (χ0n) is 12.6. The van der Waals surface area contributed by atoms with Crippen molar-refractivity contribution in [1.29, 1.82) is 0 Å². The van der Waals surface area contributed by atoms with Crippen LogP contribution in [0.4, 0.5) is 0 Å². The number of hydrogen-bond acceptors (Lipinski definition) is 5. The van der Waals surface area contributed by atoms with Crippen molar-refractivity contribution in [1.82, 2.24) is 20.0 Å². The van der Waals surface area contributed by atoms with Crippen LogP contribution < -0.4 is 10.1 Å². The molecule has 1 rings (SSSR count). The second-order valence-corrected chi connectivity index (χ2v) is 5.94. The second-order valence-electron chi connectivity index (χ2n) is 4.63. The molecule has 0 fully saturated rings. The number of aromatic nitrogens is 2. The molecule has 0 aliphatic heterocycles. The van der Waals surface area contributed by atoms with Gasteiger partial charge in [-0.05, 0) is 26.9 Å². The maximum atomic E-state index is 5.45. The van der Waals surface area contributed by atoms with E-state index in [2.05, 4.69) is 41.0 Å². The van der Waals surface area contributed by atoms with Crippen LogP contribution in [0, 0.1) is 0 Å². The van der Waals surface area contributed by atoms with Gasteiger partial charge in [0.1, 0.15) is 0 Å². The molecule has 0 spiro atoms. The van der Waals surface area contributed by atoms with Gasteiger partial charge in [-0.15, -0.1) is 0 Å². The Bertz CT molecular complexity index is 368. The SMILES string of the molecule is CCSCC(NC)c1c(OC)cnn1CCN(C)C. The van der Waals surface area contributed by atoms with Crippen LogP contribution in [0.15, 0.2) is 6.20 Å². The third-order valence-corrected chi connectivity index (χ3v) is 3.97. The van der Waals surface area contributed by atoms with E-state index >= 15 is 0 Å². The average Bonchev–Trinajstić information content (AvgIpc) is 2.80. The Balaban J connectivity index is 2.89. The molecule has 19 heavy (non-hydrogen) atoms. The molecule has 1 N–H and O–H groups in total.